The lowest BCUT2D eigenvalue weighted by molar-refractivity contribution is -0.299. The van der Waals surface area contributed by atoms with Gasteiger partial charge in [0.25, 0.3) is 0 Å². The lowest BCUT2D eigenvalue weighted by Gasteiger charge is -2.40. The highest BCUT2D eigenvalue weighted by Crippen LogP contribution is 2.35. The van der Waals surface area contributed by atoms with Gasteiger partial charge in [-0.25, -0.2) is 19.8 Å². The zero-order valence-corrected chi connectivity index (χ0v) is 22.7. The molecule has 1 heterocycles. The average molecular weight is 609 g/mol. The predicted octanol–water partition coefficient (Wildman–Crippen LogP) is 1.40. The number of nitrogens with one attached hydrogen (secondary N) is 1. The van der Waals surface area contributed by atoms with E-state index in [1.165, 1.54) is 6.08 Å². The van der Waals surface area contributed by atoms with Crippen LogP contribution in [-0.2, 0) is 14.3 Å². The number of phenols is 1. The minimum atomic E-state index is -1.84. The topological polar surface area (TPSA) is 272 Å². The van der Waals surface area contributed by atoms with Crippen LogP contribution < -0.4 is 16.9 Å². The average Bonchev–Trinajstić information content (AvgIpc) is 3.00. The number of carboxylic acids is 1. The third-order valence-electron chi connectivity index (χ3n) is 6.49. The van der Waals surface area contributed by atoms with Gasteiger partial charge in [-0.1, -0.05) is 65.8 Å². The van der Waals surface area contributed by atoms with Gasteiger partial charge in [-0.05, 0) is 28.7 Å². The molecule has 5 rings (SSSR count). The van der Waals surface area contributed by atoms with E-state index in [4.69, 9.17) is 26.0 Å². The number of aliphatic carboxylic acids is 1. The maximum absolute atomic E-state index is 11.3. The number of hydrogen-bond donors (Lipinski definition) is 8. The van der Waals surface area contributed by atoms with Crippen LogP contribution in [0, 0.1) is 0 Å². The molecule has 0 saturated carbocycles. The number of fused-ring (bicyclic) bond motifs is 2. The summed E-state index contributed by atoms with van der Waals surface area (Å²) < 4.78 is 10.9. The predicted molar refractivity (Wildman–Crippen MR) is 153 cm³/mol. The molecule has 3 aromatic rings. The summed E-state index contributed by atoms with van der Waals surface area (Å²) in [4.78, 5) is 32.7. The SMILES string of the molecule is NC(=O)N=Nc1ccc2ccccc2c1O.NC(=O)NN=C1C=Cc2ccccc2C1OC1OC(C(=O)O)C(O)C(O)C1O. The second-order valence-corrected chi connectivity index (χ2v) is 9.42. The number of urea groups is 2. The maximum Gasteiger partial charge on any atom is 0.356 e. The number of aromatic hydroxyl groups is 1. The number of azo groups is 1. The zero-order chi connectivity index (χ0) is 32.0. The number of ether oxygens (including phenoxy) is 2. The molecule has 2 aliphatic rings. The summed E-state index contributed by atoms with van der Waals surface area (Å²) in [5.41, 5.74) is 13.7. The fourth-order valence-electron chi connectivity index (χ4n) is 4.41. The van der Waals surface area contributed by atoms with Gasteiger partial charge in [0, 0.05) is 5.39 Å². The number of aliphatic hydroxyl groups is 3. The summed E-state index contributed by atoms with van der Waals surface area (Å²) in [7, 11) is 0. The normalized spacial score (nSPS) is 25.2. The molecule has 6 unspecified atom stereocenters. The maximum atomic E-state index is 11.3. The molecule has 0 spiro atoms. The molecule has 0 radical (unpaired) electrons. The number of nitrogens with zero attached hydrogens (tertiary/aromatic N) is 3. The van der Waals surface area contributed by atoms with Crippen LogP contribution >= 0.6 is 0 Å². The molecule has 3 aromatic carbocycles. The number of carbonyl (C=O) groups excluding carboxylic acids is 2. The van der Waals surface area contributed by atoms with Gasteiger partial charge in [-0.2, -0.15) is 5.10 Å². The molecule has 10 N–H and O–H groups in total. The van der Waals surface area contributed by atoms with Gasteiger partial charge in [-0.3, -0.25) is 0 Å². The summed E-state index contributed by atoms with van der Waals surface area (Å²) >= 11 is 0. The van der Waals surface area contributed by atoms with Crippen molar-refractivity contribution in [2.24, 2.45) is 26.8 Å². The number of aliphatic hydroxyl groups excluding tert-OH is 3. The van der Waals surface area contributed by atoms with Gasteiger partial charge in [0.1, 0.15) is 30.1 Å². The Hall–Kier alpha value is -5.26. The summed E-state index contributed by atoms with van der Waals surface area (Å²) in [5.74, 6) is -1.54. The minimum absolute atomic E-state index is 0.0110. The molecule has 16 heteroatoms. The molecule has 1 aliphatic carbocycles. The number of benzene rings is 3. The van der Waals surface area contributed by atoms with Gasteiger partial charge < -0.3 is 46.5 Å². The fourth-order valence-corrected chi connectivity index (χ4v) is 4.41. The van der Waals surface area contributed by atoms with Crippen molar-refractivity contribution in [3.63, 3.8) is 0 Å². The van der Waals surface area contributed by atoms with E-state index in [1.807, 2.05) is 12.1 Å². The first-order valence-corrected chi connectivity index (χ1v) is 12.9. The molecule has 230 valence electrons. The van der Waals surface area contributed by atoms with E-state index in [1.54, 1.807) is 54.6 Å². The second kappa shape index (κ2) is 13.8. The number of nitrogens with two attached hydrogens (primary N) is 2. The number of phenolic OH excluding ortho intramolecular Hbond substituents is 1. The number of carboxylic acid groups (broad SMARTS) is 1. The summed E-state index contributed by atoms with van der Waals surface area (Å²) in [6.07, 6.45) is -6.50. The van der Waals surface area contributed by atoms with Crippen LogP contribution in [0.3, 0.4) is 0 Å². The lowest BCUT2D eigenvalue weighted by Crippen LogP contribution is -2.60. The van der Waals surface area contributed by atoms with E-state index in [0.29, 0.717) is 10.9 Å². The van der Waals surface area contributed by atoms with E-state index in [9.17, 15) is 34.8 Å². The quantitative estimate of drug-likeness (QED) is 0.152. The highest BCUT2D eigenvalue weighted by Gasteiger charge is 2.48. The first-order chi connectivity index (χ1) is 21.0. The van der Waals surface area contributed by atoms with Crippen molar-refractivity contribution in [1.82, 2.24) is 5.43 Å². The van der Waals surface area contributed by atoms with Gasteiger partial charge in [0.2, 0.25) is 0 Å². The van der Waals surface area contributed by atoms with Crippen molar-refractivity contribution in [2.45, 2.75) is 36.8 Å². The Balaban J connectivity index is 0.000000233. The van der Waals surface area contributed by atoms with Crippen LogP contribution in [0.25, 0.3) is 16.8 Å². The largest absolute Gasteiger partial charge is 0.505 e. The molecule has 44 heavy (non-hydrogen) atoms. The molecular weight excluding hydrogens is 580 g/mol. The van der Waals surface area contributed by atoms with E-state index in [2.05, 4.69) is 20.8 Å². The minimum Gasteiger partial charge on any atom is -0.505 e. The molecule has 4 amide bonds. The summed E-state index contributed by atoms with van der Waals surface area (Å²) in [6, 6.07) is 15.9. The molecule has 0 bridgehead atoms. The smallest absolute Gasteiger partial charge is 0.356 e. The summed E-state index contributed by atoms with van der Waals surface area (Å²) in [6.45, 7) is 0. The first kappa shape index (κ1) is 31.7. The third-order valence-corrected chi connectivity index (χ3v) is 6.49. The van der Waals surface area contributed by atoms with Gasteiger partial charge >= 0.3 is 18.0 Å². The fraction of sp³-hybridized carbons (Fsp3) is 0.214. The van der Waals surface area contributed by atoms with Crippen LogP contribution in [0.15, 0.2) is 82.1 Å². The second-order valence-electron chi connectivity index (χ2n) is 9.42. The zero-order valence-electron chi connectivity index (χ0n) is 22.7. The van der Waals surface area contributed by atoms with Crippen molar-refractivity contribution in [3.05, 3.63) is 77.9 Å². The number of rotatable bonds is 5. The Morgan fingerprint density at radius 3 is 2.30 bits per heavy atom. The van der Waals surface area contributed by atoms with Crippen molar-refractivity contribution < 1.29 is 49.4 Å². The third kappa shape index (κ3) is 7.20. The highest BCUT2D eigenvalue weighted by molar-refractivity contribution is 6.05. The van der Waals surface area contributed by atoms with Crippen molar-refractivity contribution in [1.29, 1.82) is 0 Å². The van der Waals surface area contributed by atoms with Crippen LogP contribution in [-0.4, -0.2) is 80.0 Å². The molecular formula is C28H28N6O10. The van der Waals surface area contributed by atoms with E-state index < -0.39 is 54.8 Å². The molecule has 16 nitrogen and oxygen atoms in total. The Morgan fingerprint density at radius 2 is 1.59 bits per heavy atom. The Labute approximate surface area is 248 Å². The van der Waals surface area contributed by atoms with Crippen LogP contribution in [0.2, 0.25) is 0 Å². The Morgan fingerprint density at radius 1 is 0.886 bits per heavy atom. The lowest BCUT2D eigenvalue weighted by atomic mass is 9.93. The standard InChI is InChI=1S/C17H19N3O8.C11H9N3O2/c18-17(26)20-19-9-6-5-7-3-1-2-4-8(7)13(9)27-16-12(23)10(21)11(22)14(28-16)15(24)25;12-11(16)14-13-9-6-5-7-3-1-2-4-8(7)10(9)15/h1-6,10-14,16,21-23H,(H,24,25)(H3,18,20,26);1-6,15H,(H2,12,16). The summed E-state index contributed by atoms with van der Waals surface area (Å²) in [5, 5.41) is 61.1. The number of amides is 4. The van der Waals surface area contributed by atoms with Gasteiger partial charge in [0.15, 0.2) is 18.1 Å². The first-order valence-electron chi connectivity index (χ1n) is 12.9. The number of primary amides is 2. The van der Waals surface area contributed by atoms with Crippen LogP contribution in [0.5, 0.6) is 5.75 Å². The van der Waals surface area contributed by atoms with Crippen molar-refractivity contribution in [2.75, 3.05) is 0 Å². The molecule has 1 fully saturated rings. The number of hydrazone groups is 1. The van der Waals surface area contributed by atoms with E-state index in [-0.39, 0.29) is 17.1 Å². The van der Waals surface area contributed by atoms with Crippen molar-refractivity contribution in [3.8, 4) is 5.75 Å². The van der Waals surface area contributed by atoms with Gasteiger partial charge in [0.05, 0.1) is 5.71 Å². The molecule has 1 saturated heterocycles. The van der Waals surface area contributed by atoms with E-state index >= 15 is 0 Å². The molecule has 0 aromatic heterocycles. The van der Waals surface area contributed by atoms with E-state index in [0.717, 1.165) is 10.9 Å². The number of hydrogen-bond acceptors (Lipinski definition) is 11. The monoisotopic (exact) mass is 608 g/mol. The highest BCUT2D eigenvalue weighted by atomic mass is 16.7. The molecule has 6 atom stereocenters. The number of carbonyl (C=O) groups is 3. The van der Waals surface area contributed by atoms with Crippen LogP contribution in [0.4, 0.5) is 15.3 Å². The Bertz CT molecular complexity index is 1640. The Kier molecular flexibility index (Phi) is 9.94. The van der Waals surface area contributed by atoms with Gasteiger partial charge in [-0.15, -0.1) is 5.11 Å². The van der Waals surface area contributed by atoms with Crippen LogP contribution in [0.1, 0.15) is 17.2 Å². The van der Waals surface area contributed by atoms with Crippen molar-refractivity contribution >= 4 is 46.3 Å². The molecule has 1 aliphatic heterocycles.